The van der Waals surface area contributed by atoms with Gasteiger partial charge in [0.05, 0.1) is 5.69 Å². The Hall–Kier alpha value is -3.42. The van der Waals surface area contributed by atoms with Crippen molar-refractivity contribution in [3.05, 3.63) is 53.0 Å². The van der Waals surface area contributed by atoms with Crippen molar-refractivity contribution in [2.45, 2.75) is 52.5 Å². The van der Waals surface area contributed by atoms with E-state index in [0.29, 0.717) is 30.3 Å². The average Bonchev–Trinajstić information content (AvgIpc) is 3.42. The molecule has 2 aromatic heterocycles. The van der Waals surface area contributed by atoms with Gasteiger partial charge in [-0.25, -0.2) is 14.3 Å². The number of carbonyl (C=O) groups excluding carboxylic acids is 2. The van der Waals surface area contributed by atoms with E-state index >= 15 is 0 Å². The van der Waals surface area contributed by atoms with Crippen LogP contribution in [-0.2, 0) is 11.2 Å². The van der Waals surface area contributed by atoms with Gasteiger partial charge in [0.25, 0.3) is 0 Å². The van der Waals surface area contributed by atoms with Gasteiger partial charge in [-0.05, 0) is 69.9 Å². The lowest BCUT2D eigenvalue weighted by Crippen LogP contribution is -2.30. The van der Waals surface area contributed by atoms with Gasteiger partial charge in [0.2, 0.25) is 5.91 Å². The monoisotopic (exact) mass is 406 g/mol. The molecule has 4 rings (SSSR count). The summed E-state index contributed by atoms with van der Waals surface area (Å²) in [4.78, 5) is 28.8. The first-order valence-electron chi connectivity index (χ1n) is 10.2. The van der Waals surface area contributed by atoms with Gasteiger partial charge in [-0.1, -0.05) is 0 Å². The SMILES string of the molecule is Cc1cc2nc(C)c(CCC(=O)Nc3ccc(NC(=O)NC4CC4)cc3)c(C)n2n1. The van der Waals surface area contributed by atoms with Gasteiger partial charge in [0, 0.05) is 41.3 Å². The van der Waals surface area contributed by atoms with Gasteiger partial charge in [0.1, 0.15) is 0 Å². The molecule has 2 heterocycles. The predicted molar refractivity (Wildman–Crippen MR) is 116 cm³/mol. The Labute approximate surface area is 175 Å². The van der Waals surface area contributed by atoms with Gasteiger partial charge in [-0.2, -0.15) is 5.10 Å². The number of carbonyl (C=O) groups is 2. The normalized spacial score (nSPS) is 13.3. The van der Waals surface area contributed by atoms with Crippen LogP contribution < -0.4 is 16.0 Å². The summed E-state index contributed by atoms with van der Waals surface area (Å²) in [5.41, 5.74) is 6.11. The molecule has 1 fully saturated rings. The van der Waals surface area contributed by atoms with Crippen molar-refractivity contribution in [3.63, 3.8) is 0 Å². The summed E-state index contributed by atoms with van der Waals surface area (Å²) in [6.07, 6.45) is 3.02. The Balaban J connectivity index is 1.33. The van der Waals surface area contributed by atoms with Crippen LogP contribution in [0, 0.1) is 20.8 Å². The molecule has 0 unspecified atom stereocenters. The van der Waals surface area contributed by atoms with Gasteiger partial charge >= 0.3 is 6.03 Å². The summed E-state index contributed by atoms with van der Waals surface area (Å²) >= 11 is 0. The van der Waals surface area contributed by atoms with Crippen molar-refractivity contribution < 1.29 is 9.59 Å². The summed E-state index contributed by atoms with van der Waals surface area (Å²) in [6.45, 7) is 5.91. The van der Waals surface area contributed by atoms with Crippen LogP contribution in [0.1, 0.15) is 41.9 Å². The van der Waals surface area contributed by atoms with Crippen molar-refractivity contribution >= 4 is 29.0 Å². The number of aromatic nitrogens is 3. The van der Waals surface area contributed by atoms with E-state index in [0.717, 1.165) is 41.1 Å². The second kappa shape index (κ2) is 8.14. The highest BCUT2D eigenvalue weighted by molar-refractivity contribution is 5.92. The largest absolute Gasteiger partial charge is 0.335 e. The standard InChI is InChI=1S/C22H26N6O2/c1-13-12-20-23-14(2)19(15(3)28(20)27-13)10-11-21(29)24-16-4-6-17(7-5-16)25-22(30)26-18-8-9-18/h4-7,12,18H,8-11H2,1-3H3,(H,24,29)(H2,25,26,30). The maximum absolute atomic E-state index is 12.4. The Morgan fingerprint density at radius 2 is 1.73 bits per heavy atom. The van der Waals surface area contributed by atoms with Gasteiger partial charge in [0.15, 0.2) is 5.65 Å². The lowest BCUT2D eigenvalue weighted by Gasteiger charge is -2.11. The average molecular weight is 406 g/mol. The summed E-state index contributed by atoms with van der Waals surface area (Å²) < 4.78 is 1.83. The van der Waals surface area contributed by atoms with Crippen LogP contribution >= 0.6 is 0 Å². The number of benzene rings is 1. The first-order valence-corrected chi connectivity index (χ1v) is 10.2. The number of anilines is 2. The highest BCUT2D eigenvalue weighted by Crippen LogP contribution is 2.20. The Bertz CT molecular complexity index is 1100. The fourth-order valence-electron chi connectivity index (χ4n) is 3.48. The van der Waals surface area contributed by atoms with Gasteiger partial charge < -0.3 is 16.0 Å². The van der Waals surface area contributed by atoms with E-state index in [2.05, 4.69) is 26.0 Å². The van der Waals surface area contributed by atoms with E-state index in [1.807, 2.05) is 31.4 Å². The lowest BCUT2D eigenvalue weighted by atomic mass is 10.1. The van der Waals surface area contributed by atoms with Crippen molar-refractivity contribution in [1.29, 1.82) is 0 Å². The molecular formula is C22H26N6O2. The van der Waals surface area contributed by atoms with E-state index in [4.69, 9.17) is 0 Å². The van der Waals surface area contributed by atoms with Gasteiger partial charge in [-0.15, -0.1) is 0 Å². The molecule has 156 valence electrons. The van der Waals surface area contributed by atoms with E-state index < -0.39 is 0 Å². The number of fused-ring (bicyclic) bond motifs is 1. The summed E-state index contributed by atoms with van der Waals surface area (Å²) in [5, 5.41) is 13.0. The number of amides is 3. The number of hydrogen-bond acceptors (Lipinski definition) is 4. The first-order chi connectivity index (χ1) is 14.4. The zero-order valence-corrected chi connectivity index (χ0v) is 17.5. The van der Waals surface area contributed by atoms with Crippen molar-refractivity contribution in [2.24, 2.45) is 0 Å². The molecule has 8 nitrogen and oxygen atoms in total. The quantitative estimate of drug-likeness (QED) is 0.583. The maximum Gasteiger partial charge on any atom is 0.319 e. The third kappa shape index (κ3) is 4.59. The predicted octanol–water partition coefficient (Wildman–Crippen LogP) is 3.51. The Morgan fingerprint density at radius 1 is 1.07 bits per heavy atom. The molecule has 3 N–H and O–H groups in total. The lowest BCUT2D eigenvalue weighted by molar-refractivity contribution is -0.116. The molecule has 0 bridgehead atoms. The van der Waals surface area contributed by atoms with Crippen LogP contribution in [0.15, 0.2) is 30.3 Å². The molecule has 0 saturated heterocycles. The van der Waals surface area contributed by atoms with Crippen LogP contribution in [0.5, 0.6) is 0 Å². The molecule has 0 spiro atoms. The zero-order chi connectivity index (χ0) is 21.3. The fourth-order valence-corrected chi connectivity index (χ4v) is 3.48. The third-order valence-corrected chi connectivity index (χ3v) is 5.23. The minimum atomic E-state index is -0.196. The van der Waals surface area contributed by atoms with Crippen molar-refractivity contribution in [1.82, 2.24) is 19.9 Å². The maximum atomic E-state index is 12.4. The van der Waals surface area contributed by atoms with Crippen LogP contribution in [0.3, 0.4) is 0 Å². The molecule has 1 aromatic carbocycles. The van der Waals surface area contributed by atoms with E-state index in [9.17, 15) is 9.59 Å². The minimum Gasteiger partial charge on any atom is -0.335 e. The molecule has 1 saturated carbocycles. The Morgan fingerprint density at radius 3 is 2.40 bits per heavy atom. The zero-order valence-electron chi connectivity index (χ0n) is 17.5. The molecule has 0 aliphatic heterocycles. The highest BCUT2D eigenvalue weighted by atomic mass is 16.2. The van der Waals surface area contributed by atoms with E-state index in [1.54, 1.807) is 24.3 Å². The summed E-state index contributed by atoms with van der Waals surface area (Å²) in [5.74, 6) is -0.0715. The molecule has 8 heteroatoms. The first kappa shape index (κ1) is 19.9. The number of hydrogen-bond donors (Lipinski definition) is 3. The topological polar surface area (TPSA) is 100 Å². The summed E-state index contributed by atoms with van der Waals surface area (Å²) in [6, 6.07) is 9.16. The van der Waals surface area contributed by atoms with Gasteiger partial charge in [-0.3, -0.25) is 4.79 Å². The number of nitrogens with zero attached hydrogens (tertiary/aromatic N) is 3. The molecule has 0 atom stereocenters. The van der Waals surface area contributed by atoms with E-state index in [1.165, 1.54) is 0 Å². The molecule has 3 aromatic rings. The van der Waals surface area contributed by atoms with Crippen LogP contribution in [0.2, 0.25) is 0 Å². The number of rotatable bonds is 6. The summed E-state index contributed by atoms with van der Waals surface area (Å²) in [7, 11) is 0. The molecule has 3 amide bonds. The van der Waals surface area contributed by atoms with Crippen LogP contribution in [-0.4, -0.2) is 32.6 Å². The smallest absolute Gasteiger partial charge is 0.319 e. The van der Waals surface area contributed by atoms with Crippen LogP contribution in [0.4, 0.5) is 16.2 Å². The Kier molecular flexibility index (Phi) is 5.39. The molecular weight excluding hydrogens is 380 g/mol. The van der Waals surface area contributed by atoms with Crippen molar-refractivity contribution in [2.75, 3.05) is 10.6 Å². The minimum absolute atomic E-state index is 0.0715. The molecule has 1 aliphatic carbocycles. The molecule has 30 heavy (non-hydrogen) atoms. The van der Waals surface area contributed by atoms with Crippen LogP contribution in [0.25, 0.3) is 5.65 Å². The fraction of sp³-hybridized carbons (Fsp3) is 0.364. The van der Waals surface area contributed by atoms with E-state index in [-0.39, 0.29) is 11.9 Å². The number of urea groups is 1. The molecule has 0 radical (unpaired) electrons. The second-order valence-corrected chi connectivity index (χ2v) is 7.82. The highest BCUT2D eigenvalue weighted by Gasteiger charge is 2.23. The van der Waals surface area contributed by atoms with Crippen molar-refractivity contribution in [3.8, 4) is 0 Å². The third-order valence-electron chi connectivity index (χ3n) is 5.23. The number of aryl methyl sites for hydroxylation is 3. The molecule has 1 aliphatic rings. The second-order valence-electron chi connectivity index (χ2n) is 7.82. The number of nitrogens with one attached hydrogen (secondary N) is 3.